The lowest BCUT2D eigenvalue weighted by Gasteiger charge is -2.29. The minimum atomic E-state index is -0.128. The maximum absolute atomic E-state index is 10.5. The highest BCUT2D eigenvalue weighted by Crippen LogP contribution is 2.44. The van der Waals surface area contributed by atoms with Crippen LogP contribution in [-0.4, -0.2) is 23.3 Å². The lowest BCUT2D eigenvalue weighted by Crippen LogP contribution is -2.29. The molecule has 0 atom stereocenters. The highest BCUT2D eigenvalue weighted by molar-refractivity contribution is 7.22. The molecule has 5 aromatic rings. The maximum atomic E-state index is 10.5. The van der Waals surface area contributed by atoms with E-state index in [4.69, 9.17) is 9.47 Å². The van der Waals surface area contributed by atoms with Crippen LogP contribution in [0.3, 0.4) is 0 Å². The molecule has 1 saturated heterocycles. The molecule has 0 saturated carbocycles. The number of benzene rings is 4. The van der Waals surface area contributed by atoms with Gasteiger partial charge < -0.3 is 24.6 Å². The summed E-state index contributed by atoms with van der Waals surface area (Å²) in [6, 6.07) is 28.6. The number of aromatic hydroxyl groups is 2. The smallest absolute Gasteiger partial charge is 0.169 e. The lowest BCUT2D eigenvalue weighted by molar-refractivity contribution is 0.403. The molecule has 2 heterocycles. The van der Waals surface area contributed by atoms with Crippen molar-refractivity contribution in [1.82, 2.24) is 0 Å². The molecular weight excluding hydrogens is 518 g/mol. The van der Waals surface area contributed by atoms with Gasteiger partial charge in [-0.05, 0) is 79.2 Å². The second kappa shape index (κ2) is 11.3. The normalized spacial score (nSPS) is 13.2. The fraction of sp³-hybridized carbons (Fsp3) is 0.161. The molecule has 0 amide bonds. The van der Waals surface area contributed by atoms with E-state index < -0.39 is 0 Å². The van der Waals surface area contributed by atoms with Gasteiger partial charge in [0.2, 0.25) is 0 Å². The van der Waals surface area contributed by atoms with Crippen molar-refractivity contribution in [3.8, 4) is 44.9 Å². The molecule has 38 heavy (non-hydrogen) atoms. The predicted molar refractivity (Wildman–Crippen MR) is 157 cm³/mol. The van der Waals surface area contributed by atoms with E-state index in [0.29, 0.717) is 17.1 Å². The summed E-state index contributed by atoms with van der Waals surface area (Å²) in [6.07, 6.45) is 3.76. The Labute approximate surface area is 231 Å². The van der Waals surface area contributed by atoms with Crippen LogP contribution in [0.4, 0.5) is 5.69 Å². The van der Waals surface area contributed by atoms with E-state index in [9.17, 15) is 10.2 Å². The van der Waals surface area contributed by atoms with E-state index in [0.717, 1.165) is 33.8 Å². The molecule has 0 unspecified atom stereocenters. The third-order valence-electron chi connectivity index (χ3n) is 6.59. The number of anilines is 1. The topological polar surface area (TPSA) is 62.2 Å². The van der Waals surface area contributed by atoms with Crippen LogP contribution in [0.5, 0.6) is 34.5 Å². The number of rotatable bonds is 6. The Hall–Kier alpha value is -3.87. The van der Waals surface area contributed by atoms with Crippen LogP contribution in [0.1, 0.15) is 19.3 Å². The van der Waals surface area contributed by atoms with E-state index >= 15 is 0 Å². The Balaban J connectivity index is 0.00000294. The highest BCUT2D eigenvalue weighted by Gasteiger charge is 2.15. The monoisotopic (exact) mass is 545 g/mol. The molecule has 1 aliphatic heterocycles. The number of hydrogen-bond donors (Lipinski definition) is 2. The molecular formula is C31H28ClNO4S. The summed E-state index contributed by atoms with van der Waals surface area (Å²) in [4.78, 5) is 3.31. The molecule has 194 valence electrons. The number of thiophene rings is 1. The molecule has 1 aliphatic rings. The second-order valence-corrected chi connectivity index (χ2v) is 10.3. The minimum absolute atomic E-state index is 0. The number of phenols is 2. The first-order valence-electron chi connectivity index (χ1n) is 12.5. The zero-order valence-electron chi connectivity index (χ0n) is 20.7. The van der Waals surface area contributed by atoms with Gasteiger partial charge in [-0.1, -0.05) is 24.3 Å². The minimum Gasteiger partial charge on any atom is -0.507 e. The van der Waals surface area contributed by atoms with E-state index in [1.165, 1.54) is 31.0 Å². The molecule has 4 aromatic carbocycles. The molecule has 6 rings (SSSR count). The quantitative estimate of drug-likeness (QED) is 0.223. The third kappa shape index (κ3) is 5.52. The number of hydrogen-bond acceptors (Lipinski definition) is 6. The number of halogens is 1. The van der Waals surface area contributed by atoms with Crippen molar-refractivity contribution in [2.45, 2.75) is 19.3 Å². The van der Waals surface area contributed by atoms with Crippen LogP contribution in [0, 0.1) is 0 Å². The molecule has 1 fully saturated rings. The Morgan fingerprint density at radius 2 is 1.39 bits per heavy atom. The van der Waals surface area contributed by atoms with E-state index in [-0.39, 0.29) is 29.7 Å². The number of piperidine rings is 1. The van der Waals surface area contributed by atoms with Crippen molar-refractivity contribution >= 4 is 39.5 Å². The summed E-state index contributed by atoms with van der Waals surface area (Å²) in [7, 11) is 0. The van der Waals surface area contributed by atoms with Crippen LogP contribution >= 0.6 is 23.7 Å². The Bertz CT molecular complexity index is 1510. The van der Waals surface area contributed by atoms with E-state index in [1.807, 2.05) is 54.6 Å². The SMILES string of the molecule is Cl.Oc1cc(O)c(-c2cc3ccccc3s2)cc1Oc1ccc(Oc2cccc(N3CCCCC3)c2)cc1. The molecule has 5 nitrogen and oxygen atoms in total. The van der Waals surface area contributed by atoms with Crippen molar-refractivity contribution in [1.29, 1.82) is 0 Å². The van der Waals surface area contributed by atoms with Crippen LogP contribution in [-0.2, 0) is 0 Å². The summed E-state index contributed by atoms with van der Waals surface area (Å²) < 4.78 is 13.2. The van der Waals surface area contributed by atoms with Crippen molar-refractivity contribution < 1.29 is 19.7 Å². The first-order chi connectivity index (χ1) is 18.1. The molecule has 7 heteroatoms. The Morgan fingerprint density at radius 1 is 0.658 bits per heavy atom. The van der Waals surface area contributed by atoms with Gasteiger partial charge in [0, 0.05) is 46.1 Å². The molecule has 0 radical (unpaired) electrons. The van der Waals surface area contributed by atoms with Crippen LogP contribution in [0.2, 0.25) is 0 Å². The summed E-state index contributed by atoms with van der Waals surface area (Å²) in [5, 5.41) is 22.1. The van der Waals surface area contributed by atoms with Gasteiger partial charge in [-0.15, -0.1) is 23.7 Å². The lowest BCUT2D eigenvalue weighted by atomic mass is 10.1. The van der Waals surface area contributed by atoms with E-state index in [2.05, 4.69) is 17.0 Å². The zero-order valence-corrected chi connectivity index (χ0v) is 22.3. The van der Waals surface area contributed by atoms with Crippen molar-refractivity contribution in [2.75, 3.05) is 18.0 Å². The largest absolute Gasteiger partial charge is 0.507 e. The maximum Gasteiger partial charge on any atom is 0.169 e. The fourth-order valence-electron chi connectivity index (χ4n) is 4.69. The highest BCUT2D eigenvalue weighted by atomic mass is 35.5. The summed E-state index contributed by atoms with van der Waals surface area (Å²) in [5.74, 6) is 2.19. The van der Waals surface area contributed by atoms with Crippen LogP contribution in [0.15, 0.2) is 91.0 Å². The first-order valence-corrected chi connectivity index (χ1v) is 13.3. The summed E-state index contributed by atoms with van der Waals surface area (Å²) >= 11 is 1.58. The first kappa shape index (κ1) is 25.8. The second-order valence-electron chi connectivity index (χ2n) is 9.21. The molecule has 2 N–H and O–H groups in total. The van der Waals surface area contributed by atoms with Crippen LogP contribution < -0.4 is 14.4 Å². The van der Waals surface area contributed by atoms with E-state index in [1.54, 1.807) is 29.5 Å². The average Bonchev–Trinajstić information content (AvgIpc) is 3.36. The fourth-order valence-corrected chi connectivity index (χ4v) is 5.77. The number of ether oxygens (including phenoxy) is 2. The third-order valence-corrected chi connectivity index (χ3v) is 7.74. The van der Waals surface area contributed by atoms with Gasteiger partial charge in [0.25, 0.3) is 0 Å². The molecule has 1 aromatic heterocycles. The summed E-state index contributed by atoms with van der Waals surface area (Å²) in [5.41, 5.74) is 1.80. The predicted octanol–water partition coefficient (Wildman–Crippen LogP) is 8.98. The average molecular weight is 546 g/mol. The van der Waals surface area contributed by atoms with Gasteiger partial charge in [0.05, 0.1) is 0 Å². The van der Waals surface area contributed by atoms with Gasteiger partial charge in [-0.25, -0.2) is 0 Å². The number of phenolic OH excluding ortho intramolecular Hbond substituents is 2. The van der Waals surface area contributed by atoms with Gasteiger partial charge in [0.1, 0.15) is 23.0 Å². The molecule has 0 spiro atoms. The van der Waals surface area contributed by atoms with Crippen LogP contribution in [0.25, 0.3) is 20.5 Å². The van der Waals surface area contributed by atoms with Crippen molar-refractivity contribution in [3.63, 3.8) is 0 Å². The van der Waals surface area contributed by atoms with Gasteiger partial charge in [0.15, 0.2) is 11.5 Å². The van der Waals surface area contributed by atoms with Crippen molar-refractivity contribution in [3.05, 3.63) is 91.0 Å². The number of nitrogens with zero attached hydrogens (tertiary/aromatic N) is 1. The number of fused-ring (bicyclic) bond motifs is 1. The molecule has 0 aliphatic carbocycles. The van der Waals surface area contributed by atoms with Gasteiger partial charge >= 0.3 is 0 Å². The standard InChI is InChI=1S/C31H27NO4S.ClH/c33-27-20-28(34)29(19-26(27)31-17-21-7-2-3-10-30(21)37-31)36-24-13-11-23(12-14-24)35-25-9-6-8-22(18-25)32-15-4-1-5-16-32;/h2-3,6-14,17-20,33-34H,1,4-5,15-16H2;1H. The summed E-state index contributed by atoms with van der Waals surface area (Å²) in [6.45, 7) is 2.18. The molecule has 0 bridgehead atoms. The van der Waals surface area contributed by atoms with Crippen molar-refractivity contribution in [2.24, 2.45) is 0 Å². The van der Waals surface area contributed by atoms with Gasteiger partial charge in [-0.2, -0.15) is 0 Å². The zero-order chi connectivity index (χ0) is 25.2. The van der Waals surface area contributed by atoms with Gasteiger partial charge in [-0.3, -0.25) is 0 Å². The Morgan fingerprint density at radius 3 is 2.16 bits per heavy atom. The Kier molecular flexibility index (Phi) is 7.63.